The summed E-state index contributed by atoms with van der Waals surface area (Å²) in [4.78, 5) is 27.7. The molecule has 4 N–H and O–H groups in total. The molecule has 0 aromatic heterocycles. The Morgan fingerprint density at radius 1 is 1.16 bits per heavy atom. The van der Waals surface area contributed by atoms with Gasteiger partial charge in [0.05, 0.1) is 23.4 Å². The Hall–Kier alpha value is -1.99. The van der Waals surface area contributed by atoms with Crippen LogP contribution in [0.2, 0.25) is 5.02 Å². The summed E-state index contributed by atoms with van der Waals surface area (Å²) < 4.78 is 5.26. The van der Waals surface area contributed by atoms with Gasteiger partial charge >= 0.3 is 0 Å². The Labute approximate surface area is 190 Å². The van der Waals surface area contributed by atoms with Crippen molar-refractivity contribution in [2.24, 2.45) is 11.8 Å². The maximum atomic E-state index is 12.6. The van der Waals surface area contributed by atoms with Crippen LogP contribution in [0.15, 0.2) is 12.1 Å². The second-order valence-corrected chi connectivity index (χ2v) is 9.08. The fourth-order valence-corrected chi connectivity index (χ4v) is 4.95. The maximum Gasteiger partial charge on any atom is 0.255 e. The molecule has 1 saturated carbocycles. The van der Waals surface area contributed by atoms with Gasteiger partial charge in [0, 0.05) is 31.1 Å². The molecule has 172 valence electrons. The van der Waals surface area contributed by atoms with Crippen molar-refractivity contribution >= 4 is 29.1 Å². The fraction of sp³-hybridized carbons (Fsp3) is 0.652. The molecule has 1 atom stereocenters. The number of amides is 2. The van der Waals surface area contributed by atoms with Gasteiger partial charge in [0.15, 0.2) is 0 Å². The lowest BCUT2D eigenvalue weighted by Gasteiger charge is -2.29. The molecule has 7 nitrogen and oxygen atoms in total. The molecule has 31 heavy (non-hydrogen) atoms. The van der Waals surface area contributed by atoms with Crippen molar-refractivity contribution in [1.29, 1.82) is 0 Å². The Bertz CT molecular complexity index is 780. The Morgan fingerprint density at radius 3 is 2.58 bits per heavy atom. The van der Waals surface area contributed by atoms with Crippen LogP contribution in [-0.4, -0.2) is 56.0 Å². The number of nitrogens with one attached hydrogen (secondary N) is 2. The van der Waals surface area contributed by atoms with Gasteiger partial charge in [-0.05, 0) is 63.6 Å². The van der Waals surface area contributed by atoms with Crippen LogP contribution >= 0.6 is 11.6 Å². The molecule has 0 spiro atoms. The normalized spacial score (nSPS) is 24.0. The number of rotatable bonds is 8. The van der Waals surface area contributed by atoms with E-state index in [4.69, 9.17) is 22.1 Å². The second-order valence-electron chi connectivity index (χ2n) is 8.67. The minimum Gasteiger partial charge on any atom is -0.496 e. The molecule has 1 heterocycles. The van der Waals surface area contributed by atoms with E-state index in [0.29, 0.717) is 40.5 Å². The van der Waals surface area contributed by atoms with E-state index in [1.807, 2.05) is 0 Å². The van der Waals surface area contributed by atoms with Gasteiger partial charge in [0.1, 0.15) is 5.75 Å². The molecule has 1 aliphatic carbocycles. The van der Waals surface area contributed by atoms with Gasteiger partial charge in [-0.1, -0.05) is 18.5 Å². The average Bonchev–Trinajstić information content (AvgIpc) is 3.25. The van der Waals surface area contributed by atoms with Crippen LogP contribution in [0.1, 0.15) is 55.8 Å². The summed E-state index contributed by atoms with van der Waals surface area (Å²) in [6, 6.07) is 3.59. The molecule has 8 heteroatoms. The quantitative estimate of drug-likeness (QED) is 0.529. The highest BCUT2D eigenvalue weighted by atomic mass is 35.5. The smallest absolute Gasteiger partial charge is 0.255 e. The number of anilines is 1. The van der Waals surface area contributed by atoms with Gasteiger partial charge < -0.3 is 21.1 Å². The van der Waals surface area contributed by atoms with Crippen molar-refractivity contribution < 1.29 is 14.3 Å². The predicted molar refractivity (Wildman–Crippen MR) is 123 cm³/mol. The number of carbonyl (C=O) groups excluding carboxylic acids is 2. The van der Waals surface area contributed by atoms with Gasteiger partial charge in [0.2, 0.25) is 5.91 Å². The number of methoxy groups -OCH3 is 1. The summed E-state index contributed by atoms with van der Waals surface area (Å²) in [5.74, 6) is 0.819. The third kappa shape index (κ3) is 6.04. The lowest BCUT2D eigenvalue weighted by molar-refractivity contribution is -0.126. The lowest BCUT2D eigenvalue weighted by atomic mass is 9.81. The lowest BCUT2D eigenvalue weighted by Crippen LogP contribution is -2.43. The summed E-state index contributed by atoms with van der Waals surface area (Å²) in [6.07, 6.45) is 5.99. The first-order valence-electron chi connectivity index (χ1n) is 11.4. The fourth-order valence-electron chi connectivity index (χ4n) is 4.78. The molecule has 3 rings (SSSR count). The number of carbonyl (C=O) groups is 2. The highest BCUT2D eigenvalue weighted by Crippen LogP contribution is 2.30. The summed E-state index contributed by atoms with van der Waals surface area (Å²) in [5.41, 5.74) is 6.54. The number of halogens is 1. The Morgan fingerprint density at radius 2 is 1.90 bits per heavy atom. The average molecular weight is 451 g/mol. The van der Waals surface area contributed by atoms with Gasteiger partial charge in [-0.3, -0.25) is 14.5 Å². The third-order valence-corrected chi connectivity index (χ3v) is 7.08. The van der Waals surface area contributed by atoms with E-state index in [1.165, 1.54) is 26.0 Å². The first kappa shape index (κ1) is 23.7. The first-order chi connectivity index (χ1) is 14.9. The third-order valence-electron chi connectivity index (χ3n) is 6.75. The van der Waals surface area contributed by atoms with Crippen LogP contribution in [0.25, 0.3) is 0 Å². The van der Waals surface area contributed by atoms with E-state index < -0.39 is 0 Å². The molecular formula is C23H35ClN4O3. The van der Waals surface area contributed by atoms with Crippen molar-refractivity contribution in [2.75, 3.05) is 39.0 Å². The van der Waals surface area contributed by atoms with E-state index in [-0.39, 0.29) is 17.7 Å². The molecule has 0 bridgehead atoms. The molecule has 2 fully saturated rings. The molecule has 0 radical (unpaired) electrons. The van der Waals surface area contributed by atoms with Crippen molar-refractivity contribution in [3.05, 3.63) is 22.7 Å². The van der Waals surface area contributed by atoms with Crippen molar-refractivity contribution in [3.8, 4) is 5.75 Å². The van der Waals surface area contributed by atoms with Gasteiger partial charge in [0.25, 0.3) is 5.91 Å². The van der Waals surface area contributed by atoms with E-state index in [1.54, 1.807) is 6.07 Å². The van der Waals surface area contributed by atoms with Crippen LogP contribution in [0.3, 0.4) is 0 Å². The summed E-state index contributed by atoms with van der Waals surface area (Å²) >= 11 is 6.06. The van der Waals surface area contributed by atoms with E-state index in [2.05, 4.69) is 22.5 Å². The highest BCUT2D eigenvalue weighted by molar-refractivity contribution is 6.33. The number of nitrogens with two attached hydrogens (primary N) is 1. The van der Waals surface area contributed by atoms with Crippen LogP contribution in [0, 0.1) is 11.8 Å². The summed E-state index contributed by atoms with van der Waals surface area (Å²) in [6.45, 7) is 5.70. The highest BCUT2D eigenvalue weighted by Gasteiger charge is 2.29. The number of ether oxygens (including phenoxy) is 1. The number of likely N-dealkylation sites (N-methyl/N-ethyl adjacent to an activating group) is 1. The first-order valence-corrected chi connectivity index (χ1v) is 11.7. The zero-order chi connectivity index (χ0) is 22.4. The molecule has 1 aliphatic heterocycles. The molecule has 2 amide bonds. The molecule has 1 aromatic carbocycles. The minimum absolute atomic E-state index is 0.0828. The van der Waals surface area contributed by atoms with Crippen LogP contribution < -0.4 is 21.1 Å². The monoisotopic (exact) mass is 450 g/mol. The number of nitrogens with zero attached hydrogens (tertiary/aromatic N) is 1. The summed E-state index contributed by atoms with van der Waals surface area (Å²) in [7, 11) is 1.50. The number of benzene rings is 1. The number of hydrogen-bond acceptors (Lipinski definition) is 5. The minimum atomic E-state index is -0.226. The van der Waals surface area contributed by atoms with Crippen LogP contribution in [-0.2, 0) is 4.79 Å². The zero-order valence-electron chi connectivity index (χ0n) is 18.6. The number of nitrogen functional groups attached to an aromatic ring is 1. The van der Waals surface area contributed by atoms with E-state index in [9.17, 15) is 9.59 Å². The van der Waals surface area contributed by atoms with Crippen molar-refractivity contribution in [3.63, 3.8) is 0 Å². The summed E-state index contributed by atoms with van der Waals surface area (Å²) in [5, 5.41) is 6.49. The van der Waals surface area contributed by atoms with Crippen LogP contribution in [0.4, 0.5) is 5.69 Å². The molecule has 1 saturated heterocycles. The Kier molecular flexibility index (Phi) is 8.43. The Balaban J connectivity index is 1.41. The van der Waals surface area contributed by atoms with E-state index >= 15 is 0 Å². The molecular weight excluding hydrogens is 416 g/mol. The van der Waals surface area contributed by atoms with Crippen molar-refractivity contribution in [2.45, 2.75) is 51.5 Å². The maximum absolute atomic E-state index is 12.6. The van der Waals surface area contributed by atoms with E-state index in [0.717, 1.165) is 45.3 Å². The van der Waals surface area contributed by atoms with Gasteiger partial charge in [-0.25, -0.2) is 0 Å². The molecule has 1 unspecified atom stereocenters. The SMILES string of the molecule is CCN1CCCC1CNC(=O)C1CCC(CNC(=O)c2cc(Cl)c(N)cc2OC)CC1. The number of likely N-dealkylation sites (tertiary alicyclic amines) is 1. The largest absolute Gasteiger partial charge is 0.496 e. The topological polar surface area (TPSA) is 96.7 Å². The van der Waals surface area contributed by atoms with Crippen LogP contribution in [0.5, 0.6) is 5.75 Å². The number of hydrogen-bond donors (Lipinski definition) is 3. The molecule has 2 aliphatic rings. The van der Waals surface area contributed by atoms with Gasteiger partial charge in [-0.2, -0.15) is 0 Å². The second kappa shape index (κ2) is 11.0. The zero-order valence-corrected chi connectivity index (χ0v) is 19.3. The standard InChI is InChI=1S/C23H35ClN4O3/c1-3-28-10-4-5-17(28)14-27-22(29)16-8-6-15(7-9-16)13-26-23(30)18-11-19(24)20(25)12-21(18)31-2/h11-12,15-17H,3-10,13-14,25H2,1-2H3,(H,26,30)(H,27,29). The predicted octanol–water partition coefficient (Wildman–Crippen LogP) is 3.07. The van der Waals surface area contributed by atoms with Crippen molar-refractivity contribution in [1.82, 2.24) is 15.5 Å². The van der Waals surface area contributed by atoms with Gasteiger partial charge in [-0.15, -0.1) is 0 Å². The molecule has 1 aromatic rings.